The van der Waals surface area contributed by atoms with Crippen molar-refractivity contribution in [2.24, 2.45) is 11.1 Å². The van der Waals surface area contributed by atoms with Crippen molar-refractivity contribution < 1.29 is 9.59 Å². The van der Waals surface area contributed by atoms with Crippen LogP contribution in [-0.4, -0.2) is 24.5 Å². The molecule has 6 nitrogen and oxygen atoms in total. The van der Waals surface area contributed by atoms with Crippen LogP contribution in [0.2, 0.25) is 0 Å². The molecule has 0 aromatic heterocycles. The minimum atomic E-state index is -0.222. The van der Waals surface area contributed by atoms with Gasteiger partial charge in [0.1, 0.15) is 0 Å². The fourth-order valence-corrected chi connectivity index (χ4v) is 3.49. The molecule has 2 rings (SSSR count). The predicted octanol–water partition coefficient (Wildman–Crippen LogP) is 3.55. The lowest BCUT2D eigenvalue weighted by molar-refractivity contribution is -0.124. The molecule has 1 saturated carbocycles. The molecule has 1 fully saturated rings. The van der Waals surface area contributed by atoms with E-state index in [4.69, 9.17) is 5.73 Å². The Morgan fingerprint density at radius 1 is 1.11 bits per heavy atom. The van der Waals surface area contributed by atoms with Gasteiger partial charge in [-0.25, -0.2) is 4.79 Å². The van der Waals surface area contributed by atoms with Gasteiger partial charge in [0.05, 0.1) is 0 Å². The van der Waals surface area contributed by atoms with Crippen molar-refractivity contribution in [3.8, 4) is 0 Å². The van der Waals surface area contributed by atoms with E-state index in [0.29, 0.717) is 19.5 Å². The first-order valence-corrected chi connectivity index (χ1v) is 9.56. The van der Waals surface area contributed by atoms with E-state index >= 15 is 0 Å². The molecule has 27 heavy (non-hydrogen) atoms. The number of anilines is 1. The summed E-state index contributed by atoms with van der Waals surface area (Å²) in [5.41, 5.74) is 7.67. The summed E-state index contributed by atoms with van der Waals surface area (Å²) in [6, 6.07) is 7.36. The zero-order valence-corrected chi connectivity index (χ0v) is 17.2. The minimum absolute atomic E-state index is 0. The molecule has 0 saturated heterocycles. The number of nitrogens with one attached hydrogen (secondary N) is 3. The van der Waals surface area contributed by atoms with Gasteiger partial charge in [0, 0.05) is 24.7 Å². The predicted molar refractivity (Wildman–Crippen MR) is 112 cm³/mol. The van der Waals surface area contributed by atoms with Crippen molar-refractivity contribution in [2.45, 2.75) is 65.0 Å². The van der Waals surface area contributed by atoms with Crippen LogP contribution >= 0.6 is 12.4 Å². The summed E-state index contributed by atoms with van der Waals surface area (Å²) in [5, 5.41) is 8.55. The smallest absolute Gasteiger partial charge is 0.319 e. The number of nitrogens with two attached hydrogens (primary N) is 1. The molecule has 1 aliphatic rings. The molecule has 1 aromatic carbocycles. The van der Waals surface area contributed by atoms with E-state index in [2.05, 4.69) is 16.0 Å². The van der Waals surface area contributed by atoms with Crippen molar-refractivity contribution >= 4 is 30.0 Å². The number of hydrogen-bond donors (Lipinski definition) is 4. The van der Waals surface area contributed by atoms with Crippen LogP contribution in [0.15, 0.2) is 24.3 Å². The molecular weight excluding hydrogens is 364 g/mol. The van der Waals surface area contributed by atoms with Crippen LogP contribution in [0.3, 0.4) is 0 Å². The molecule has 0 atom stereocenters. The Labute approximate surface area is 168 Å². The van der Waals surface area contributed by atoms with E-state index < -0.39 is 0 Å². The third-order valence-electron chi connectivity index (χ3n) is 5.00. The Kier molecular flexibility index (Phi) is 9.60. The van der Waals surface area contributed by atoms with Crippen molar-refractivity contribution in [3.05, 3.63) is 29.8 Å². The topological polar surface area (TPSA) is 96.2 Å². The minimum Gasteiger partial charge on any atom is -0.352 e. The zero-order chi connectivity index (χ0) is 19.0. The maximum Gasteiger partial charge on any atom is 0.319 e. The SMILES string of the molecule is CC(C)NC(=O)Nc1ccc(CNC(=O)CC2(CN)CCCCC2)cc1.Cl. The van der Waals surface area contributed by atoms with Crippen molar-refractivity contribution in [3.63, 3.8) is 0 Å². The van der Waals surface area contributed by atoms with Gasteiger partial charge in [0.15, 0.2) is 0 Å². The number of carbonyl (C=O) groups is 2. The molecule has 1 aliphatic carbocycles. The highest BCUT2D eigenvalue weighted by Crippen LogP contribution is 2.38. The first kappa shape index (κ1) is 23.2. The zero-order valence-electron chi connectivity index (χ0n) is 16.3. The molecule has 7 heteroatoms. The maximum absolute atomic E-state index is 12.3. The number of halogens is 1. The molecule has 0 bridgehead atoms. The van der Waals surface area contributed by atoms with Gasteiger partial charge in [-0.15, -0.1) is 12.4 Å². The molecule has 5 N–H and O–H groups in total. The molecule has 3 amide bonds. The lowest BCUT2D eigenvalue weighted by atomic mass is 9.71. The van der Waals surface area contributed by atoms with E-state index in [1.54, 1.807) is 0 Å². The summed E-state index contributed by atoms with van der Waals surface area (Å²) in [6.45, 7) is 4.89. The van der Waals surface area contributed by atoms with Crippen LogP contribution < -0.4 is 21.7 Å². The number of hydrogen-bond acceptors (Lipinski definition) is 3. The van der Waals surface area contributed by atoms with Gasteiger partial charge in [0.2, 0.25) is 5.91 Å². The summed E-state index contributed by atoms with van der Waals surface area (Å²) in [6.07, 6.45) is 6.20. The molecule has 0 heterocycles. The summed E-state index contributed by atoms with van der Waals surface area (Å²) >= 11 is 0. The normalized spacial score (nSPS) is 15.6. The number of rotatable bonds is 7. The maximum atomic E-state index is 12.3. The highest BCUT2D eigenvalue weighted by Gasteiger charge is 2.32. The fourth-order valence-electron chi connectivity index (χ4n) is 3.49. The Balaban J connectivity index is 0.00000364. The molecule has 0 spiro atoms. The van der Waals surface area contributed by atoms with E-state index in [9.17, 15) is 9.59 Å². The first-order valence-electron chi connectivity index (χ1n) is 9.56. The Morgan fingerprint density at radius 3 is 2.30 bits per heavy atom. The molecule has 1 aromatic rings. The number of carbonyl (C=O) groups excluding carboxylic acids is 2. The second-order valence-electron chi connectivity index (χ2n) is 7.67. The highest BCUT2D eigenvalue weighted by molar-refractivity contribution is 5.89. The molecule has 152 valence electrons. The van der Waals surface area contributed by atoms with Crippen molar-refractivity contribution in [1.29, 1.82) is 0 Å². The van der Waals surface area contributed by atoms with Crippen LogP contribution in [0.25, 0.3) is 0 Å². The largest absolute Gasteiger partial charge is 0.352 e. The van der Waals surface area contributed by atoms with Gasteiger partial charge < -0.3 is 21.7 Å². The fraction of sp³-hybridized carbons (Fsp3) is 0.600. The van der Waals surface area contributed by atoms with E-state index in [1.807, 2.05) is 38.1 Å². The number of amides is 3. The lowest BCUT2D eigenvalue weighted by Crippen LogP contribution is -2.38. The average Bonchev–Trinajstić information content (AvgIpc) is 2.61. The van der Waals surface area contributed by atoms with E-state index in [0.717, 1.165) is 24.1 Å². The van der Waals surface area contributed by atoms with Gasteiger partial charge in [-0.1, -0.05) is 31.4 Å². The Morgan fingerprint density at radius 2 is 1.74 bits per heavy atom. The third-order valence-corrected chi connectivity index (χ3v) is 5.00. The second kappa shape index (κ2) is 11.1. The van der Waals surface area contributed by atoms with Gasteiger partial charge >= 0.3 is 6.03 Å². The highest BCUT2D eigenvalue weighted by atomic mass is 35.5. The standard InChI is InChI=1S/C20H32N4O2.ClH/c1-15(2)23-19(26)24-17-8-6-16(7-9-17)13-22-18(25)12-20(14-21)10-4-3-5-11-20;/h6-9,15H,3-5,10-14,21H2,1-2H3,(H,22,25)(H2,23,24,26);1H. The second-order valence-corrected chi connectivity index (χ2v) is 7.67. The third kappa shape index (κ3) is 7.77. The van der Waals surface area contributed by atoms with E-state index in [1.165, 1.54) is 19.3 Å². The molecule has 0 unspecified atom stereocenters. The average molecular weight is 397 g/mol. The molecule has 0 radical (unpaired) electrons. The quantitative estimate of drug-likeness (QED) is 0.567. The van der Waals surface area contributed by atoms with Crippen LogP contribution in [0.4, 0.5) is 10.5 Å². The van der Waals surface area contributed by atoms with Gasteiger partial charge in [-0.2, -0.15) is 0 Å². The summed E-state index contributed by atoms with van der Waals surface area (Å²) < 4.78 is 0. The lowest BCUT2D eigenvalue weighted by Gasteiger charge is -2.35. The van der Waals surface area contributed by atoms with Gasteiger partial charge in [0.25, 0.3) is 0 Å². The Bertz CT molecular complexity index is 599. The van der Waals surface area contributed by atoms with Crippen LogP contribution in [0.5, 0.6) is 0 Å². The summed E-state index contributed by atoms with van der Waals surface area (Å²) in [5.74, 6) is 0.0656. The molecule has 0 aliphatic heterocycles. The van der Waals surface area contributed by atoms with Gasteiger partial charge in [-0.05, 0) is 56.3 Å². The van der Waals surface area contributed by atoms with Crippen molar-refractivity contribution in [2.75, 3.05) is 11.9 Å². The van der Waals surface area contributed by atoms with Crippen LogP contribution in [0, 0.1) is 5.41 Å². The Hall–Kier alpha value is -1.79. The van der Waals surface area contributed by atoms with Crippen LogP contribution in [0.1, 0.15) is 57.9 Å². The summed E-state index contributed by atoms with van der Waals surface area (Å²) in [7, 11) is 0. The van der Waals surface area contributed by atoms with Crippen molar-refractivity contribution in [1.82, 2.24) is 10.6 Å². The number of benzene rings is 1. The summed E-state index contributed by atoms with van der Waals surface area (Å²) in [4.78, 5) is 24.0. The first-order chi connectivity index (χ1) is 12.4. The van der Waals surface area contributed by atoms with Crippen LogP contribution in [-0.2, 0) is 11.3 Å². The van der Waals surface area contributed by atoms with Gasteiger partial charge in [-0.3, -0.25) is 4.79 Å². The monoisotopic (exact) mass is 396 g/mol. The van der Waals surface area contributed by atoms with E-state index in [-0.39, 0.29) is 35.8 Å². The number of urea groups is 1. The molecular formula is C20H33ClN4O2.